The number of benzene rings is 1. The fourth-order valence-corrected chi connectivity index (χ4v) is 6.30. The standard InChI is InChI=1S/C20H24N4O3S/c25-17-4-3-15(18(26)23-17)24-9-13-7-12(1-2-14(13)19(24)27)8-22-16-5-6-28-20(16)10-21-11-20/h1-2,7,15-16,21-22H,3-6,8-11H2,(H,23,25,26). The van der Waals surface area contributed by atoms with Gasteiger partial charge in [0.1, 0.15) is 6.04 Å². The Morgan fingerprint density at radius 1 is 1.21 bits per heavy atom. The number of nitrogens with zero attached hydrogens (tertiary/aromatic N) is 1. The van der Waals surface area contributed by atoms with Crippen molar-refractivity contribution < 1.29 is 14.4 Å². The Kier molecular flexibility index (Phi) is 4.45. The molecule has 0 aliphatic carbocycles. The zero-order valence-electron chi connectivity index (χ0n) is 15.6. The van der Waals surface area contributed by atoms with Gasteiger partial charge in [0.2, 0.25) is 11.8 Å². The summed E-state index contributed by atoms with van der Waals surface area (Å²) in [4.78, 5) is 37.9. The Morgan fingerprint density at radius 3 is 2.82 bits per heavy atom. The third kappa shape index (κ3) is 2.94. The largest absolute Gasteiger partial charge is 0.322 e. The molecule has 2 atom stereocenters. The van der Waals surface area contributed by atoms with Gasteiger partial charge in [0.05, 0.1) is 4.75 Å². The molecule has 4 heterocycles. The molecule has 3 saturated heterocycles. The van der Waals surface area contributed by atoms with Gasteiger partial charge in [0, 0.05) is 44.2 Å². The molecule has 1 aromatic carbocycles. The SMILES string of the molecule is O=C1CCC(N2Cc3cc(CNC4CCSC45CNC5)ccc3C2=O)C(=O)N1. The van der Waals surface area contributed by atoms with E-state index in [9.17, 15) is 14.4 Å². The molecule has 1 aromatic rings. The van der Waals surface area contributed by atoms with Gasteiger partial charge in [-0.15, -0.1) is 0 Å². The highest BCUT2D eigenvalue weighted by Gasteiger charge is 2.48. The second-order valence-corrected chi connectivity index (χ2v) is 9.64. The van der Waals surface area contributed by atoms with E-state index in [1.807, 2.05) is 12.1 Å². The normalized spacial score (nSPS) is 28.4. The van der Waals surface area contributed by atoms with E-state index in [2.05, 4.69) is 33.8 Å². The van der Waals surface area contributed by atoms with E-state index in [1.165, 1.54) is 12.2 Å². The summed E-state index contributed by atoms with van der Waals surface area (Å²) in [5.74, 6) is 0.468. The zero-order chi connectivity index (χ0) is 19.3. The van der Waals surface area contributed by atoms with Crippen LogP contribution in [0.2, 0.25) is 0 Å². The Balaban J connectivity index is 1.27. The Bertz CT molecular complexity index is 854. The Morgan fingerprint density at radius 2 is 2.07 bits per heavy atom. The lowest BCUT2D eigenvalue weighted by Gasteiger charge is -2.43. The quantitative estimate of drug-likeness (QED) is 0.634. The molecule has 4 aliphatic rings. The lowest BCUT2D eigenvalue weighted by atomic mass is 9.91. The van der Waals surface area contributed by atoms with Crippen molar-refractivity contribution in [3.63, 3.8) is 0 Å². The molecular formula is C20H24N4O3S. The summed E-state index contributed by atoms with van der Waals surface area (Å²) < 4.78 is 0.356. The molecule has 148 valence electrons. The topological polar surface area (TPSA) is 90.5 Å². The summed E-state index contributed by atoms with van der Waals surface area (Å²) >= 11 is 2.07. The number of nitrogens with one attached hydrogen (secondary N) is 3. The number of amides is 3. The number of thioether (sulfide) groups is 1. The molecule has 0 radical (unpaired) electrons. The van der Waals surface area contributed by atoms with E-state index in [0.29, 0.717) is 29.3 Å². The summed E-state index contributed by atoms with van der Waals surface area (Å²) in [7, 11) is 0. The first-order valence-corrected chi connectivity index (χ1v) is 10.9. The van der Waals surface area contributed by atoms with E-state index >= 15 is 0 Å². The smallest absolute Gasteiger partial charge is 0.255 e. The molecule has 1 spiro atoms. The summed E-state index contributed by atoms with van der Waals surface area (Å²) in [6.45, 7) is 3.37. The predicted molar refractivity (Wildman–Crippen MR) is 106 cm³/mol. The van der Waals surface area contributed by atoms with E-state index in [1.54, 1.807) is 4.90 Å². The number of rotatable bonds is 4. The number of carbonyl (C=O) groups excluding carboxylic acids is 3. The summed E-state index contributed by atoms with van der Waals surface area (Å²) in [6, 6.07) is 5.94. The van der Waals surface area contributed by atoms with Crippen molar-refractivity contribution in [2.45, 2.75) is 49.2 Å². The Hall–Kier alpha value is -1.90. The number of hydrogen-bond donors (Lipinski definition) is 3. The number of piperidine rings is 1. The molecule has 3 amide bonds. The van der Waals surface area contributed by atoms with Gasteiger partial charge in [-0.1, -0.05) is 12.1 Å². The zero-order valence-corrected chi connectivity index (χ0v) is 16.4. The van der Waals surface area contributed by atoms with E-state index < -0.39 is 6.04 Å². The van der Waals surface area contributed by atoms with Crippen LogP contribution in [0.25, 0.3) is 0 Å². The first-order chi connectivity index (χ1) is 13.6. The van der Waals surface area contributed by atoms with Gasteiger partial charge in [-0.05, 0) is 35.8 Å². The van der Waals surface area contributed by atoms with Crippen LogP contribution in [0, 0.1) is 0 Å². The van der Waals surface area contributed by atoms with Gasteiger partial charge in [-0.25, -0.2) is 0 Å². The molecule has 8 heteroatoms. The van der Waals surface area contributed by atoms with Crippen molar-refractivity contribution >= 4 is 29.5 Å². The third-order valence-electron chi connectivity index (χ3n) is 6.42. The summed E-state index contributed by atoms with van der Waals surface area (Å²) in [5.41, 5.74) is 2.80. The lowest BCUT2D eigenvalue weighted by Crippen LogP contribution is -2.64. The lowest BCUT2D eigenvalue weighted by molar-refractivity contribution is -0.136. The maximum Gasteiger partial charge on any atom is 0.255 e. The van der Waals surface area contributed by atoms with Gasteiger partial charge in [0.15, 0.2) is 0 Å². The molecule has 3 fully saturated rings. The second-order valence-electron chi connectivity index (χ2n) is 8.13. The molecule has 0 bridgehead atoms. The number of imide groups is 1. The van der Waals surface area contributed by atoms with Crippen LogP contribution in [-0.2, 0) is 22.7 Å². The molecule has 2 unspecified atom stereocenters. The molecule has 0 aromatic heterocycles. The van der Waals surface area contributed by atoms with Crippen LogP contribution in [0.1, 0.15) is 40.7 Å². The predicted octanol–water partition coefficient (Wildman–Crippen LogP) is 0.385. The average Bonchev–Trinajstić information content (AvgIpc) is 3.21. The van der Waals surface area contributed by atoms with Crippen LogP contribution in [-0.4, -0.2) is 58.3 Å². The molecule has 28 heavy (non-hydrogen) atoms. The first kappa shape index (κ1) is 18.1. The third-order valence-corrected chi connectivity index (χ3v) is 8.01. The molecular weight excluding hydrogens is 376 g/mol. The fraction of sp³-hybridized carbons (Fsp3) is 0.550. The molecule has 0 saturated carbocycles. The molecule has 3 N–H and O–H groups in total. The van der Waals surface area contributed by atoms with Crippen molar-refractivity contribution in [3.8, 4) is 0 Å². The van der Waals surface area contributed by atoms with E-state index in [4.69, 9.17) is 0 Å². The van der Waals surface area contributed by atoms with Crippen molar-refractivity contribution in [1.29, 1.82) is 0 Å². The summed E-state index contributed by atoms with van der Waals surface area (Å²) in [6.07, 6.45) is 1.87. The van der Waals surface area contributed by atoms with Crippen LogP contribution in [0.4, 0.5) is 0 Å². The minimum atomic E-state index is -0.555. The number of carbonyl (C=O) groups is 3. The number of hydrogen-bond acceptors (Lipinski definition) is 6. The molecule has 5 rings (SSSR count). The van der Waals surface area contributed by atoms with Crippen LogP contribution in [0.15, 0.2) is 18.2 Å². The Labute approximate surface area is 168 Å². The number of fused-ring (bicyclic) bond motifs is 1. The first-order valence-electron chi connectivity index (χ1n) is 9.90. The van der Waals surface area contributed by atoms with Crippen molar-refractivity contribution in [2.24, 2.45) is 0 Å². The minimum Gasteiger partial charge on any atom is -0.322 e. The van der Waals surface area contributed by atoms with Gasteiger partial charge in [-0.2, -0.15) is 11.8 Å². The average molecular weight is 401 g/mol. The fourth-order valence-electron chi connectivity index (χ4n) is 4.73. The van der Waals surface area contributed by atoms with Gasteiger partial charge in [0.25, 0.3) is 5.91 Å². The van der Waals surface area contributed by atoms with E-state index in [-0.39, 0.29) is 24.1 Å². The highest BCUT2D eigenvalue weighted by molar-refractivity contribution is 8.01. The van der Waals surface area contributed by atoms with Gasteiger partial charge in [-0.3, -0.25) is 19.7 Å². The highest BCUT2D eigenvalue weighted by atomic mass is 32.2. The van der Waals surface area contributed by atoms with Crippen molar-refractivity contribution in [2.75, 3.05) is 18.8 Å². The van der Waals surface area contributed by atoms with Gasteiger partial charge >= 0.3 is 0 Å². The van der Waals surface area contributed by atoms with E-state index in [0.717, 1.165) is 30.8 Å². The van der Waals surface area contributed by atoms with Crippen LogP contribution in [0.5, 0.6) is 0 Å². The van der Waals surface area contributed by atoms with Crippen molar-refractivity contribution in [1.82, 2.24) is 20.9 Å². The maximum absolute atomic E-state index is 12.8. The monoisotopic (exact) mass is 400 g/mol. The van der Waals surface area contributed by atoms with Crippen LogP contribution >= 0.6 is 11.8 Å². The van der Waals surface area contributed by atoms with Crippen LogP contribution < -0.4 is 16.0 Å². The van der Waals surface area contributed by atoms with Crippen LogP contribution in [0.3, 0.4) is 0 Å². The minimum absolute atomic E-state index is 0.115. The molecule has 7 nitrogen and oxygen atoms in total. The second kappa shape index (κ2) is 6.86. The highest BCUT2D eigenvalue weighted by Crippen LogP contribution is 2.41. The maximum atomic E-state index is 12.8. The van der Waals surface area contributed by atoms with Gasteiger partial charge < -0.3 is 15.5 Å². The summed E-state index contributed by atoms with van der Waals surface area (Å²) in [5, 5.41) is 9.46. The van der Waals surface area contributed by atoms with Crippen molar-refractivity contribution in [3.05, 3.63) is 34.9 Å². The molecule has 4 aliphatic heterocycles.